The molecule has 1 aliphatic heterocycles. The Hall–Kier alpha value is -1.16. The highest BCUT2D eigenvalue weighted by molar-refractivity contribution is 7.18. The second kappa shape index (κ2) is 4.75. The zero-order chi connectivity index (χ0) is 13.6. The third kappa shape index (κ3) is 2.12. The largest absolute Gasteiger partial charge is 0.353 e. The van der Waals surface area contributed by atoms with Crippen LogP contribution >= 0.6 is 11.3 Å². The van der Waals surface area contributed by atoms with E-state index in [1.807, 2.05) is 6.92 Å². The van der Waals surface area contributed by atoms with Crippen LogP contribution in [-0.4, -0.2) is 22.6 Å². The second-order valence-electron chi connectivity index (χ2n) is 5.60. The zero-order valence-electron chi connectivity index (χ0n) is 12.2. The highest BCUT2D eigenvalue weighted by Gasteiger charge is 2.24. The van der Waals surface area contributed by atoms with Crippen molar-refractivity contribution in [1.82, 2.24) is 9.97 Å². The van der Waals surface area contributed by atoms with Crippen LogP contribution in [0.25, 0.3) is 10.2 Å². The molecule has 0 aromatic carbocycles. The molecule has 1 atom stereocenters. The number of aryl methyl sites for hydroxylation is 3. The monoisotopic (exact) mass is 275 g/mol. The molecular weight excluding hydrogens is 254 g/mol. The van der Waals surface area contributed by atoms with Crippen molar-refractivity contribution in [2.75, 3.05) is 11.4 Å². The van der Waals surface area contributed by atoms with Gasteiger partial charge in [-0.05, 0) is 52.5 Å². The van der Waals surface area contributed by atoms with Crippen LogP contribution < -0.4 is 4.90 Å². The third-order valence-corrected chi connectivity index (χ3v) is 5.30. The summed E-state index contributed by atoms with van der Waals surface area (Å²) < 4.78 is 0. The van der Waals surface area contributed by atoms with E-state index in [2.05, 4.69) is 30.7 Å². The molecule has 1 aliphatic rings. The van der Waals surface area contributed by atoms with Gasteiger partial charge in [-0.3, -0.25) is 0 Å². The van der Waals surface area contributed by atoms with Crippen molar-refractivity contribution in [2.45, 2.75) is 53.0 Å². The zero-order valence-corrected chi connectivity index (χ0v) is 13.0. The van der Waals surface area contributed by atoms with Gasteiger partial charge in [-0.25, -0.2) is 9.97 Å². The molecule has 0 spiro atoms. The first-order valence-corrected chi connectivity index (χ1v) is 7.90. The normalized spacial score (nSPS) is 20.2. The Labute approximate surface area is 118 Å². The van der Waals surface area contributed by atoms with Gasteiger partial charge in [-0.1, -0.05) is 0 Å². The molecule has 0 aliphatic carbocycles. The van der Waals surface area contributed by atoms with Gasteiger partial charge in [0.05, 0.1) is 5.39 Å². The van der Waals surface area contributed by atoms with E-state index in [4.69, 9.17) is 4.98 Å². The van der Waals surface area contributed by atoms with Gasteiger partial charge in [0, 0.05) is 17.5 Å². The van der Waals surface area contributed by atoms with Crippen LogP contribution in [0, 0.1) is 20.8 Å². The van der Waals surface area contributed by atoms with Gasteiger partial charge in [0.1, 0.15) is 16.5 Å². The summed E-state index contributed by atoms with van der Waals surface area (Å²) in [6, 6.07) is 0.589. The van der Waals surface area contributed by atoms with Crippen LogP contribution in [0.15, 0.2) is 0 Å². The Morgan fingerprint density at radius 1 is 1.16 bits per heavy atom. The van der Waals surface area contributed by atoms with Crippen molar-refractivity contribution in [3.05, 3.63) is 16.3 Å². The number of hydrogen-bond acceptors (Lipinski definition) is 4. The van der Waals surface area contributed by atoms with Crippen molar-refractivity contribution in [2.24, 2.45) is 0 Å². The predicted octanol–water partition coefficient (Wildman–Crippen LogP) is 4.00. The summed E-state index contributed by atoms with van der Waals surface area (Å²) in [5.41, 5.74) is 1.35. The molecule has 1 unspecified atom stereocenters. The molecule has 0 N–H and O–H groups in total. The molecule has 0 amide bonds. The van der Waals surface area contributed by atoms with Crippen LogP contribution in [0.2, 0.25) is 0 Å². The Kier molecular flexibility index (Phi) is 3.21. The lowest BCUT2D eigenvalue weighted by molar-refractivity contribution is 0.482. The van der Waals surface area contributed by atoms with Gasteiger partial charge in [0.2, 0.25) is 0 Å². The smallest absolute Gasteiger partial charge is 0.141 e. The first-order chi connectivity index (χ1) is 9.08. The second-order valence-corrected chi connectivity index (χ2v) is 6.80. The number of nitrogens with zero attached hydrogens (tertiary/aromatic N) is 3. The van der Waals surface area contributed by atoms with E-state index in [-0.39, 0.29) is 0 Å². The van der Waals surface area contributed by atoms with Crippen molar-refractivity contribution in [1.29, 1.82) is 0 Å². The summed E-state index contributed by atoms with van der Waals surface area (Å²) in [5.74, 6) is 2.05. The number of thiophene rings is 1. The summed E-state index contributed by atoms with van der Waals surface area (Å²) >= 11 is 1.79. The number of anilines is 1. The summed E-state index contributed by atoms with van der Waals surface area (Å²) in [7, 11) is 0. The summed E-state index contributed by atoms with van der Waals surface area (Å²) in [5, 5.41) is 1.28. The average molecular weight is 275 g/mol. The molecule has 19 heavy (non-hydrogen) atoms. The molecule has 4 heteroatoms. The van der Waals surface area contributed by atoms with E-state index in [1.165, 1.54) is 35.1 Å². The van der Waals surface area contributed by atoms with Gasteiger partial charge < -0.3 is 4.90 Å². The topological polar surface area (TPSA) is 29.0 Å². The van der Waals surface area contributed by atoms with Crippen molar-refractivity contribution >= 4 is 27.4 Å². The molecule has 1 fully saturated rings. The molecule has 102 valence electrons. The Morgan fingerprint density at radius 2 is 1.95 bits per heavy atom. The molecule has 0 saturated carbocycles. The van der Waals surface area contributed by atoms with Gasteiger partial charge >= 0.3 is 0 Å². The first-order valence-electron chi connectivity index (χ1n) is 7.09. The fourth-order valence-corrected chi connectivity index (χ4v) is 4.02. The molecule has 1 saturated heterocycles. The summed E-state index contributed by atoms with van der Waals surface area (Å²) in [4.78, 5) is 14.4. The van der Waals surface area contributed by atoms with Crippen LogP contribution in [0.4, 0.5) is 5.82 Å². The van der Waals surface area contributed by atoms with Crippen molar-refractivity contribution < 1.29 is 0 Å². The quantitative estimate of drug-likeness (QED) is 0.788. The van der Waals surface area contributed by atoms with Gasteiger partial charge in [-0.15, -0.1) is 11.3 Å². The lowest BCUT2D eigenvalue weighted by Gasteiger charge is -2.35. The van der Waals surface area contributed by atoms with Crippen molar-refractivity contribution in [3.63, 3.8) is 0 Å². The van der Waals surface area contributed by atoms with Crippen LogP contribution in [-0.2, 0) is 0 Å². The third-order valence-electron chi connectivity index (χ3n) is 4.20. The fourth-order valence-electron chi connectivity index (χ4n) is 2.95. The fraction of sp³-hybridized carbons (Fsp3) is 0.600. The number of rotatable bonds is 1. The van der Waals surface area contributed by atoms with Gasteiger partial charge in [-0.2, -0.15) is 0 Å². The van der Waals surface area contributed by atoms with Crippen LogP contribution in [0.5, 0.6) is 0 Å². The van der Waals surface area contributed by atoms with E-state index in [1.54, 1.807) is 11.3 Å². The van der Waals surface area contributed by atoms with E-state index < -0.39 is 0 Å². The van der Waals surface area contributed by atoms with Gasteiger partial charge in [0.15, 0.2) is 0 Å². The molecule has 0 radical (unpaired) electrons. The lowest BCUT2D eigenvalue weighted by atomic mass is 10.0. The van der Waals surface area contributed by atoms with E-state index in [9.17, 15) is 0 Å². The van der Waals surface area contributed by atoms with Gasteiger partial charge in [0.25, 0.3) is 0 Å². The summed E-state index contributed by atoms with van der Waals surface area (Å²) in [6.07, 6.45) is 3.89. The maximum absolute atomic E-state index is 4.77. The molecular formula is C15H21N3S. The number of aromatic nitrogens is 2. The highest BCUT2D eigenvalue weighted by atomic mass is 32.1. The minimum Gasteiger partial charge on any atom is -0.353 e. The molecule has 2 aromatic rings. The Balaban J connectivity index is 2.21. The molecule has 3 nitrogen and oxygen atoms in total. The number of piperidine rings is 1. The maximum Gasteiger partial charge on any atom is 0.141 e. The molecule has 3 heterocycles. The summed E-state index contributed by atoms with van der Waals surface area (Å²) in [6.45, 7) is 9.82. The Morgan fingerprint density at radius 3 is 2.68 bits per heavy atom. The van der Waals surface area contributed by atoms with E-state index >= 15 is 0 Å². The first kappa shape index (κ1) is 12.9. The molecule has 3 rings (SSSR count). The minimum absolute atomic E-state index is 0.589. The van der Waals surface area contributed by atoms with Crippen molar-refractivity contribution in [3.8, 4) is 0 Å². The average Bonchev–Trinajstić information content (AvgIpc) is 2.64. The van der Waals surface area contributed by atoms with Crippen LogP contribution in [0.1, 0.15) is 42.5 Å². The highest BCUT2D eigenvalue weighted by Crippen LogP contribution is 2.36. The van der Waals surface area contributed by atoms with Crippen LogP contribution in [0.3, 0.4) is 0 Å². The predicted molar refractivity (Wildman–Crippen MR) is 82.3 cm³/mol. The number of fused-ring (bicyclic) bond motifs is 1. The minimum atomic E-state index is 0.589. The van der Waals surface area contributed by atoms with E-state index in [0.717, 1.165) is 23.0 Å². The van der Waals surface area contributed by atoms with E-state index in [0.29, 0.717) is 6.04 Å². The lowest BCUT2D eigenvalue weighted by Crippen LogP contribution is -2.38. The number of hydrogen-bond donors (Lipinski definition) is 0. The molecule has 2 aromatic heterocycles. The Bertz CT molecular complexity index is 617. The standard InChI is InChI=1S/C15H21N3S/c1-9-7-5-6-8-18(9)14-13-10(2)11(3)19-15(13)17-12(4)16-14/h9H,5-8H2,1-4H3. The maximum atomic E-state index is 4.77. The SMILES string of the molecule is Cc1nc(N2CCCCC2C)c2c(C)c(C)sc2n1. The molecule has 0 bridgehead atoms.